The number of carbonyl (C=O) groups excluding carboxylic acids is 3. The van der Waals surface area contributed by atoms with E-state index in [1.165, 1.54) is 19.4 Å². The molecule has 0 saturated carbocycles. The minimum absolute atomic E-state index is 0.00808. The molecule has 0 unspecified atom stereocenters. The second-order valence-corrected chi connectivity index (χ2v) is 7.27. The summed E-state index contributed by atoms with van der Waals surface area (Å²) in [4.78, 5) is 67.6. The summed E-state index contributed by atoms with van der Waals surface area (Å²) in [5.41, 5.74) is 6.02. The number of aromatic nitrogens is 2. The smallest absolute Gasteiger partial charge is 0.326 e. The van der Waals surface area contributed by atoms with E-state index >= 15 is 0 Å². The quantitative estimate of drug-likeness (QED) is 0.282. The number of carboxylic acid groups (broad SMARTS) is 2. The summed E-state index contributed by atoms with van der Waals surface area (Å²) in [6.45, 7) is 1.28. The highest BCUT2D eigenvalue weighted by molar-refractivity contribution is 5.97. The van der Waals surface area contributed by atoms with E-state index in [9.17, 15) is 29.1 Å². The Bertz CT molecular complexity index is 808. The van der Waals surface area contributed by atoms with Crippen LogP contribution in [0.2, 0.25) is 0 Å². The number of hydrogen-bond donors (Lipinski definition) is 5. The Hall–Kier alpha value is -3.28. The van der Waals surface area contributed by atoms with E-state index in [4.69, 9.17) is 10.8 Å². The van der Waals surface area contributed by atoms with Crippen molar-refractivity contribution in [2.45, 2.75) is 50.7 Å². The van der Waals surface area contributed by atoms with Crippen molar-refractivity contribution in [3.05, 3.63) is 18.2 Å². The molecule has 0 bridgehead atoms. The molecule has 12 heteroatoms. The third-order valence-corrected chi connectivity index (χ3v) is 4.91. The van der Waals surface area contributed by atoms with E-state index in [0.717, 1.165) is 4.90 Å². The van der Waals surface area contributed by atoms with Gasteiger partial charge in [-0.15, -0.1) is 0 Å². The van der Waals surface area contributed by atoms with Crippen LogP contribution in [0.4, 0.5) is 0 Å². The maximum Gasteiger partial charge on any atom is 0.326 e. The molecule has 2 rings (SSSR count). The molecule has 1 aromatic heterocycles. The van der Waals surface area contributed by atoms with Gasteiger partial charge in [-0.3, -0.25) is 19.2 Å². The van der Waals surface area contributed by atoms with Crippen LogP contribution in [0, 0.1) is 5.92 Å². The van der Waals surface area contributed by atoms with E-state index in [0.29, 0.717) is 5.69 Å². The number of Topliss-reactive ketones (excluding diaryl/α,β-unsaturated/α-hetero) is 1. The van der Waals surface area contributed by atoms with Crippen LogP contribution in [0.1, 0.15) is 31.9 Å². The van der Waals surface area contributed by atoms with Crippen LogP contribution < -0.4 is 11.1 Å². The molecule has 2 amide bonds. The highest BCUT2D eigenvalue weighted by Crippen LogP contribution is 2.24. The van der Waals surface area contributed by atoms with E-state index in [2.05, 4.69) is 15.3 Å². The first-order valence-electron chi connectivity index (χ1n) is 9.41. The number of H-pyrrole nitrogens is 1. The van der Waals surface area contributed by atoms with E-state index in [-0.39, 0.29) is 32.2 Å². The van der Waals surface area contributed by atoms with Gasteiger partial charge in [0.2, 0.25) is 11.8 Å². The SMILES string of the molecule is C[C@H](N)C(=O)N[C@@H](CCC(=O)O)C(=O)[C@H]1CC(=O)N([C@@H](Cc2cnc[nH]2)C(=O)O)C1. The minimum Gasteiger partial charge on any atom is -0.481 e. The first-order valence-corrected chi connectivity index (χ1v) is 9.41. The Balaban J connectivity index is 2.13. The summed E-state index contributed by atoms with van der Waals surface area (Å²) in [6.07, 6.45) is 2.09. The summed E-state index contributed by atoms with van der Waals surface area (Å²) in [6, 6.07) is -3.22. The molecule has 6 N–H and O–H groups in total. The van der Waals surface area contributed by atoms with Crippen molar-refractivity contribution in [2.75, 3.05) is 6.54 Å². The molecule has 164 valence electrons. The maximum atomic E-state index is 12.9. The number of carbonyl (C=O) groups is 5. The van der Waals surface area contributed by atoms with Gasteiger partial charge in [0.25, 0.3) is 0 Å². The number of likely N-dealkylation sites (tertiary alicyclic amines) is 1. The van der Waals surface area contributed by atoms with Crippen molar-refractivity contribution in [1.82, 2.24) is 20.2 Å². The lowest BCUT2D eigenvalue weighted by Crippen LogP contribution is -2.49. The maximum absolute atomic E-state index is 12.9. The van der Waals surface area contributed by atoms with Crippen LogP contribution in [0.3, 0.4) is 0 Å². The predicted molar refractivity (Wildman–Crippen MR) is 101 cm³/mol. The number of rotatable bonds is 11. The Morgan fingerprint density at radius 1 is 1.37 bits per heavy atom. The molecule has 1 aliphatic rings. The topological polar surface area (TPSA) is 196 Å². The molecule has 0 aliphatic carbocycles. The lowest BCUT2D eigenvalue weighted by atomic mass is 9.94. The van der Waals surface area contributed by atoms with Gasteiger partial charge in [0.05, 0.1) is 18.4 Å². The lowest BCUT2D eigenvalue weighted by Gasteiger charge is -2.25. The van der Waals surface area contributed by atoms with E-state index in [1.54, 1.807) is 0 Å². The monoisotopic (exact) mass is 423 g/mol. The largest absolute Gasteiger partial charge is 0.481 e. The summed E-state index contributed by atoms with van der Waals surface area (Å²) >= 11 is 0. The fourth-order valence-electron chi connectivity index (χ4n) is 3.30. The van der Waals surface area contributed by atoms with Gasteiger partial charge in [0, 0.05) is 43.6 Å². The summed E-state index contributed by atoms with van der Waals surface area (Å²) < 4.78 is 0. The van der Waals surface area contributed by atoms with Gasteiger partial charge in [-0.25, -0.2) is 9.78 Å². The van der Waals surface area contributed by atoms with Gasteiger partial charge in [0.1, 0.15) is 6.04 Å². The van der Waals surface area contributed by atoms with Crippen LogP contribution >= 0.6 is 0 Å². The van der Waals surface area contributed by atoms with Crippen molar-refractivity contribution in [3.8, 4) is 0 Å². The van der Waals surface area contributed by atoms with Crippen LogP contribution in [-0.2, 0) is 30.4 Å². The molecule has 1 fully saturated rings. The zero-order valence-electron chi connectivity index (χ0n) is 16.4. The average molecular weight is 423 g/mol. The molecule has 2 heterocycles. The highest BCUT2D eigenvalue weighted by Gasteiger charge is 2.42. The number of nitrogens with zero attached hydrogens (tertiary/aromatic N) is 2. The van der Waals surface area contributed by atoms with Crippen molar-refractivity contribution < 1.29 is 34.2 Å². The predicted octanol–water partition coefficient (Wildman–Crippen LogP) is -1.48. The fraction of sp³-hybridized carbons (Fsp3) is 0.556. The van der Waals surface area contributed by atoms with Crippen molar-refractivity contribution >= 4 is 29.5 Å². The minimum atomic E-state index is -1.22. The number of nitrogens with one attached hydrogen (secondary N) is 2. The normalized spacial score (nSPS) is 19.2. The first-order chi connectivity index (χ1) is 14.1. The number of carboxylic acids is 2. The van der Waals surface area contributed by atoms with Crippen molar-refractivity contribution in [1.29, 1.82) is 0 Å². The molecule has 12 nitrogen and oxygen atoms in total. The number of ketones is 1. The van der Waals surface area contributed by atoms with Crippen LogP contribution in [-0.4, -0.2) is 79.3 Å². The Morgan fingerprint density at radius 2 is 2.07 bits per heavy atom. The number of nitrogens with two attached hydrogens (primary N) is 1. The molecule has 0 aromatic carbocycles. The zero-order chi connectivity index (χ0) is 22.4. The molecular formula is C18H25N5O7. The number of aliphatic carboxylic acids is 2. The molecule has 1 saturated heterocycles. The molecular weight excluding hydrogens is 398 g/mol. The zero-order valence-corrected chi connectivity index (χ0v) is 16.4. The summed E-state index contributed by atoms with van der Waals surface area (Å²) in [5, 5.41) is 20.9. The third-order valence-electron chi connectivity index (χ3n) is 4.91. The summed E-state index contributed by atoms with van der Waals surface area (Å²) in [5.74, 6) is -4.88. The lowest BCUT2D eigenvalue weighted by molar-refractivity contribution is -0.148. The van der Waals surface area contributed by atoms with Crippen LogP contribution in [0.15, 0.2) is 12.5 Å². The molecule has 1 aliphatic heterocycles. The number of aromatic amines is 1. The standard InChI is InChI=1S/C18H25N5O7/c1-9(19)17(28)22-12(2-3-15(25)26)16(27)10-4-14(24)23(7-10)13(18(29)30)5-11-6-20-8-21-11/h6,8-10,12-13H,2-5,7,19H2,1H3,(H,20,21)(H,22,28)(H,25,26)(H,29,30)/t9-,10-,12-,13-/m0/s1. The average Bonchev–Trinajstić information content (AvgIpc) is 3.31. The molecule has 30 heavy (non-hydrogen) atoms. The molecule has 0 radical (unpaired) electrons. The Kier molecular flexibility index (Phi) is 7.64. The number of amides is 2. The van der Waals surface area contributed by atoms with Gasteiger partial charge in [-0.2, -0.15) is 0 Å². The molecule has 4 atom stereocenters. The Morgan fingerprint density at radius 3 is 2.60 bits per heavy atom. The highest BCUT2D eigenvalue weighted by atomic mass is 16.4. The second kappa shape index (κ2) is 9.96. The number of hydrogen-bond acceptors (Lipinski definition) is 7. The van der Waals surface area contributed by atoms with E-state index < -0.39 is 53.6 Å². The van der Waals surface area contributed by atoms with Gasteiger partial charge >= 0.3 is 11.9 Å². The van der Waals surface area contributed by atoms with E-state index in [1.807, 2.05) is 0 Å². The van der Waals surface area contributed by atoms with Gasteiger partial charge in [0.15, 0.2) is 5.78 Å². The van der Waals surface area contributed by atoms with Crippen molar-refractivity contribution in [2.24, 2.45) is 11.7 Å². The van der Waals surface area contributed by atoms with Crippen LogP contribution in [0.5, 0.6) is 0 Å². The van der Waals surface area contributed by atoms with Crippen LogP contribution in [0.25, 0.3) is 0 Å². The van der Waals surface area contributed by atoms with Gasteiger partial charge in [-0.05, 0) is 13.3 Å². The first kappa shape index (κ1) is 23.0. The second-order valence-electron chi connectivity index (χ2n) is 7.27. The van der Waals surface area contributed by atoms with Crippen molar-refractivity contribution in [3.63, 3.8) is 0 Å². The molecule has 0 spiro atoms. The summed E-state index contributed by atoms with van der Waals surface area (Å²) in [7, 11) is 0. The Labute approximate surface area is 171 Å². The molecule has 1 aromatic rings. The number of imidazole rings is 1. The van der Waals surface area contributed by atoms with Gasteiger partial charge < -0.3 is 31.1 Å². The van der Waals surface area contributed by atoms with Gasteiger partial charge in [-0.1, -0.05) is 0 Å². The third kappa shape index (κ3) is 5.86. The fourth-order valence-corrected chi connectivity index (χ4v) is 3.30.